The minimum Gasteiger partial charge on any atom is -0.350 e. The van der Waals surface area contributed by atoms with Crippen molar-refractivity contribution in [3.05, 3.63) is 131 Å². The third-order valence-electron chi connectivity index (χ3n) is 7.22. The van der Waals surface area contributed by atoms with Gasteiger partial charge in [0.1, 0.15) is 18.2 Å². The second-order valence-corrected chi connectivity index (χ2v) is 11.1. The van der Waals surface area contributed by atoms with Crippen LogP contribution in [0.25, 0.3) is 16.9 Å². The number of hydrogen-bond donors (Lipinski definition) is 1. The van der Waals surface area contributed by atoms with E-state index in [9.17, 15) is 14.0 Å². The predicted octanol–water partition coefficient (Wildman–Crippen LogP) is 5.87. The molecule has 0 radical (unpaired) electrons. The normalized spacial score (nSPS) is 14.8. The number of rotatable bonds is 7. The topological polar surface area (TPSA) is 80.1 Å². The van der Waals surface area contributed by atoms with E-state index in [0.717, 1.165) is 27.8 Å². The summed E-state index contributed by atoms with van der Waals surface area (Å²) < 4.78 is 15.7. The Morgan fingerprint density at radius 2 is 1.69 bits per heavy atom. The summed E-state index contributed by atoms with van der Waals surface area (Å²) in [6.07, 6.45) is 3.34. The molecule has 0 spiro atoms. The first-order valence-electron chi connectivity index (χ1n) is 13.6. The van der Waals surface area contributed by atoms with Crippen molar-refractivity contribution in [1.29, 1.82) is 0 Å². The molecule has 1 aliphatic rings. The number of carbonyl (C=O) groups is 2. The lowest BCUT2D eigenvalue weighted by Crippen LogP contribution is -2.42. The maximum absolute atomic E-state index is 14.0. The number of anilines is 1. The molecule has 7 nitrogen and oxygen atoms in total. The average molecular weight is 578 g/mol. The minimum absolute atomic E-state index is 0.170. The summed E-state index contributed by atoms with van der Waals surface area (Å²) >= 11 is 1.52. The van der Waals surface area contributed by atoms with Crippen molar-refractivity contribution in [2.45, 2.75) is 18.7 Å². The number of nitrogens with one attached hydrogen (secondary N) is 1. The van der Waals surface area contributed by atoms with E-state index < -0.39 is 0 Å². The molecule has 6 rings (SSSR count). The Bertz CT molecular complexity index is 1730. The van der Waals surface area contributed by atoms with Crippen molar-refractivity contribution in [1.82, 2.24) is 20.1 Å². The summed E-state index contributed by atoms with van der Waals surface area (Å²) in [4.78, 5) is 32.7. The van der Waals surface area contributed by atoms with Crippen molar-refractivity contribution >= 4 is 29.4 Å². The number of aromatic nitrogens is 3. The highest BCUT2D eigenvalue weighted by molar-refractivity contribution is 8.00. The fourth-order valence-electron chi connectivity index (χ4n) is 5.12. The number of pyridine rings is 1. The number of amides is 2. The van der Waals surface area contributed by atoms with Crippen LogP contribution >= 0.6 is 11.8 Å². The average Bonchev–Trinajstić information content (AvgIpc) is 3.34. The smallest absolute Gasteiger partial charge is 0.240 e. The molecule has 0 fully saturated rings. The van der Waals surface area contributed by atoms with Crippen LogP contribution in [0.2, 0.25) is 0 Å². The van der Waals surface area contributed by atoms with E-state index in [1.807, 2.05) is 54.6 Å². The number of benzene rings is 3. The number of hydrogen-bond acceptors (Lipinski definition) is 5. The summed E-state index contributed by atoms with van der Waals surface area (Å²) in [5.41, 5.74) is 6.05. The van der Waals surface area contributed by atoms with Crippen molar-refractivity contribution in [2.24, 2.45) is 0 Å². The van der Waals surface area contributed by atoms with Gasteiger partial charge in [-0.3, -0.25) is 19.5 Å². The summed E-state index contributed by atoms with van der Waals surface area (Å²) in [5, 5.41) is 7.73. The number of halogens is 1. The van der Waals surface area contributed by atoms with Crippen LogP contribution in [0.15, 0.2) is 103 Å². The molecule has 42 heavy (non-hydrogen) atoms. The fraction of sp³-hybridized carbons (Fsp3) is 0.152. The molecule has 210 valence electrons. The van der Waals surface area contributed by atoms with Gasteiger partial charge in [0.05, 0.1) is 22.4 Å². The van der Waals surface area contributed by atoms with E-state index in [0.29, 0.717) is 23.7 Å². The van der Waals surface area contributed by atoms with E-state index in [1.165, 1.54) is 28.8 Å². The standard InChI is InChI=1S/C33H28FN5O2S/c1-22-7-5-6-10-27(22)32-30-31(24-8-3-2-4-9-24)37-39(26-13-11-25(34)12-14-26)33(30)38(29(41)21-42-32)20-28(40)36-19-23-15-17-35-18-16-23/h2-18,32H,19-21H2,1H3,(H,36,40)/t32-/m1/s1. The first-order chi connectivity index (χ1) is 20.5. The Kier molecular flexibility index (Phi) is 7.83. The number of fused-ring (bicyclic) bond motifs is 1. The van der Waals surface area contributed by atoms with Crippen molar-refractivity contribution in [3.63, 3.8) is 0 Å². The number of thioether (sulfide) groups is 1. The van der Waals surface area contributed by atoms with Gasteiger partial charge in [-0.2, -0.15) is 5.10 Å². The van der Waals surface area contributed by atoms with E-state index >= 15 is 0 Å². The van der Waals surface area contributed by atoms with Gasteiger partial charge in [0.2, 0.25) is 11.8 Å². The zero-order valence-corrected chi connectivity index (χ0v) is 23.7. The molecule has 3 aromatic carbocycles. The monoisotopic (exact) mass is 577 g/mol. The third-order valence-corrected chi connectivity index (χ3v) is 8.46. The highest BCUT2D eigenvalue weighted by atomic mass is 32.2. The fourth-order valence-corrected chi connectivity index (χ4v) is 6.41. The van der Waals surface area contributed by atoms with Gasteiger partial charge in [0.25, 0.3) is 0 Å². The van der Waals surface area contributed by atoms with E-state index in [1.54, 1.807) is 29.2 Å². The van der Waals surface area contributed by atoms with Crippen LogP contribution in [0.4, 0.5) is 10.2 Å². The molecule has 0 unspecified atom stereocenters. The number of aryl methyl sites for hydroxylation is 1. The van der Waals surface area contributed by atoms with Gasteiger partial charge in [-0.1, -0.05) is 54.6 Å². The van der Waals surface area contributed by atoms with Crippen LogP contribution in [0.3, 0.4) is 0 Å². The zero-order valence-electron chi connectivity index (χ0n) is 22.9. The van der Waals surface area contributed by atoms with Crippen molar-refractivity contribution < 1.29 is 14.0 Å². The SMILES string of the molecule is Cc1ccccc1[C@H]1SCC(=O)N(CC(=O)NCc2ccncc2)c2c1c(-c1ccccc1)nn2-c1ccc(F)cc1. The Morgan fingerprint density at radius 3 is 2.43 bits per heavy atom. The molecular formula is C33H28FN5O2S. The van der Waals surface area contributed by atoms with Gasteiger partial charge in [0.15, 0.2) is 0 Å². The molecule has 1 atom stereocenters. The molecular weight excluding hydrogens is 549 g/mol. The molecule has 2 amide bonds. The predicted molar refractivity (Wildman–Crippen MR) is 163 cm³/mol. The molecule has 9 heteroatoms. The summed E-state index contributed by atoms with van der Waals surface area (Å²) in [6, 6.07) is 27.5. The van der Waals surface area contributed by atoms with Gasteiger partial charge in [-0.05, 0) is 60.0 Å². The second-order valence-electron chi connectivity index (χ2n) is 10.00. The Hall–Kier alpha value is -4.76. The summed E-state index contributed by atoms with van der Waals surface area (Å²) in [6.45, 7) is 2.17. The van der Waals surface area contributed by atoms with Gasteiger partial charge in [-0.25, -0.2) is 9.07 Å². The molecule has 1 N–H and O–H groups in total. The molecule has 0 saturated carbocycles. The number of carbonyl (C=O) groups excluding carboxylic acids is 2. The van der Waals surface area contributed by atoms with Gasteiger partial charge in [-0.15, -0.1) is 11.8 Å². The van der Waals surface area contributed by atoms with Crippen LogP contribution in [0, 0.1) is 12.7 Å². The molecule has 2 aromatic heterocycles. The van der Waals surface area contributed by atoms with Gasteiger partial charge in [0, 0.05) is 30.1 Å². The molecule has 3 heterocycles. The third kappa shape index (κ3) is 5.56. The van der Waals surface area contributed by atoms with Crippen molar-refractivity contribution in [3.8, 4) is 16.9 Å². The van der Waals surface area contributed by atoms with Gasteiger partial charge < -0.3 is 5.32 Å². The lowest BCUT2D eigenvalue weighted by Gasteiger charge is -2.23. The quantitative estimate of drug-likeness (QED) is 0.262. The maximum atomic E-state index is 14.0. The summed E-state index contributed by atoms with van der Waals surface area (Å²) in [7, 11) is 0. The van der Waals surface area contributed by atoms with Crippen LogP contribution in [-0.4, -0.2) is 38.9 Å². The Morgan fingerprint density at radius 1 is 0.976 bits per heavy atom. The first kappa shape index (κ1) is 27.4. The highest BCUT2D eigenvalue weighted by Crippen LogP contribution is 2.49. The number of nitrogens with zero attached hydrogens (tertiary/aromatic N) is 4. The first-order valence-corrected chi connectivity index (χ1v) is 14.6. The Labute approximate surface area is 247 Å². The van der Waals surface area contributed by atoms with Crippen molar-refractivity contribution in [2.75, 3.05) is 17.2 Å². The lowest BCUT2D eigenvalue weighted by atomic mass is 9.97. The van der Waals surface area contributed by atoms with E-state index in [-0.39, 0.29) is 35.2 Å². The highest BCUT2D eigenvalue weighted by Gasteiger charge is 2.38. The largest absolute Gasteiger partial charge is 0.350 e. The van der Waals surface area contributed by atoms with E-state index in [2.05, 4.69) is 29.4 Å². The Balaban J connectivity index is 1.52. The molecule has 0 saturated heterocycles. The molecule has 0 bridgehead atoms. The molecule has 0 aliphatic carbocycles. The van der Waals surface area contributed by atoms with Crippen LogP contribution < -0.4 is 10.2 Å². The maximum Gasteiger partial charge on any atom is 0.240 e. The molecule has 5 aromatic rings. The second kappa shape index (κ2) is 12.0. The lowest BCUT2D eigenvalue weighted by molar-refractivity contribution is -0.123. The van der Waals surface area contributed by atoms with Crippen LogP contribution in [0.5, 0.6) is 0 Å². The van der Waals surface area contributed by atoms with Gasteiger partial charge >= 0.3 is 0 Å². The minimum atomic E-state index is -0.378. The van der Waals surface area contributed by atoms with Crippen LogP contribution in [-0.2, 0) is 16.1 Å². The summed E-state index contributed by atoms with van der Waals surface area (Å²) in [5.74, 6) is -0.221. The van der Waals surface area contributed by atoms with E-state index in [4.69, 9.17) is 5.10 Å². The van der Waals surface area contributed by atoms with Crippen LogP contribution in [0.1, 0.15) is 27.5 Å². The zero-order chi connectivity index (χ0) is 29.1. The molecule has 1 aliphatic heterocycles.